The van der Waals surface area contributed by atoms with Gasteiger partial charge in [-0.25, -0.2) is 9.97 Å². The normalized spacial score (nSPS) is 15.9. The lowest BCUT2D eigenvalue weighted by Gasteiger charge is -2.27. The molecule has 0 spiro atoms. The first-order chi connectivity index (χ1) is 15.7. The first-order valence-electron chi connectivity index (χ1n) is 10.5. The number of carbonyl (C=O) groups is 1. The summed E-state index contributed by atoms with van der Waals surface area (Å²) < 4.78 is 12.9. The zero-order chi connectivity index (χ0) is 22.1. The van der Waals surface area contributed by atoms with E-state index in [2.05, 4.69) is 4.98 Å². The number of imidazole rings is 1. The van der Waals surface area contributed by atoms with Gasteiger partial charge < -0.3 is 18.9 Å². The number of rotatable bonds is 6. The molecule has 1 saturated heterocycles. The molecule has 4 aromatic rings. The van der Waals surface area contributed by atoms with Gasteiger partial charge in [0.2, 0.25) is 5.91 Å². The zero-order valence-electron chi connectivity index (χ0n) is 18.0. The van der Waals surface area contributed by atoms with Gasteiger partial charge in [-0.05, 0) is 37.1 Å². The Balaban J connectivity index is 1.48. The number of fused-ring (bicyclic) bond motifs is 1. The van der Waals surface area contributed by atoms with E-state index in [1.54, 1.807) is 19.7 Å². The van der Waals surface area contributed by atoms with Crippen LogP contribution in [0.25, 0.3) is 22.6 Å². The molecular formula is C24H24N4O3S. The van der Waals surface area contributed by atoms with Crippen LogP contribution in [0.4, 0.5) is 0 Å². The highest BCUT2D eigenvalue weighted by atomic mass is 32.1. The first kappa shape index (κ1) is 20.5. The van der Waals surface area contributed by atoms with Crippen molar-refractivity contribution in [3.8, 4) is 23.0 Å². The number of nitrogens with zero attached hydrogens (tertiary/aromatic N) is 4. The Labute approximate surface area is 190 Å². The minimum absolute atomic E-state index is 0.0270. The van der Waals surface area contributed by atoms with Gasteiger partial charge in [0.1, 0.15) is 23.7 Å². The molecule has 1 atom stereocenters. The summed E-state index contributed by atoms with van der Waals surface area (Å²) in [5.74, 6) is 2.26. The second-order valence-electron chi connectivity index (χ2n) is 7.74. The van der Waals surface area contributed by atoms with Crippen LogP contribution < -0.4 is 9.47 Å². The van der Waals surface area contributed by atoms with E-state index in [9.17, 15) is 4.79 Å². The van der Waals surface area contributed by atoms with Crippen LogP contribution in [0.3, 0.4) is 0 Å². The van der Waals surface area contributed by atoms with Crippen molar-refractivity contribution in [2.75, 3.05) is 20.8 Å². The van der Waals surface area contributed by atoms with E-state index in [0.717, 1.165) is 59.0 Å². The number of para-hydroxylation sites is 2. The van der Waals surface area contributed by atoms with Crippen LogP contribution in [0, 0.1) is 0 Å². The van der Waals surface area contributed by atoms with Gasteiger partial charge in [-0.1, -0.05) is 12.1 Å². The van der Waals surface area contributed by atoms with Crippen molar-refractivity contribution in [3.63, 3.8) is 0 Å². The molecule has 3 heterocycles. The second-order valence-corrected chi connectivity index (χ2v) is 8.46. The lowest BCUT2D eigenvalue weighted by molar-refractivity contribution is -0.132. The van der Waals surface area contributed by atoms with Crippen LogP contribution in [0.5, 0.6) is 11.5 Å². The zero-order valence-corrected chi connectivity index (χ0v) is 18.8. The van der Waals surface area contributed by atoms with Crippen LogP contribution in [-0.4, -0.2) is 46.1 Å². The van der Waals surface area contributed by atoms with Crippen molar-refractivity contribution in [1.29, 1.82) is 0 Å². The quantitative estimate of drug-likeness (QED) is 0.433. The Morgan fingerprint density at radius 1 is 1.19 bits per heavy atom. The molecule has 1 fully saturated rings. The van der Waals surface area contributed by atoms with Crippen molar-refractivity contribution in [3.05, 3.63) is 58.9 Å². The molecule has 164 valence electrons. The predicted molar refractivity (Wildman–Crippen MR) is 124 cm³/mol. The summed E-state index contributed by atoms with van der Waals surface area (Å²) in [6, 6.07) is 13.7. The molecular weight excluding hydrogens is 424 g/mol. The average Bonchev–Trinajstić information content (AvgIpc) is 3.58. The summed E-state index contributed by atoms with van der Waals surface area (Å²) in [6.07, 6.45) is 1.85. The van der Waals surface area contributed by atoms with Crippen LogP contribution in [0.1, 0.15) is 24.4 Å². The fraction of sp³-hybridized carbons (Fsp3) is 0.292. The molecule has 0 saturated carbocycles. The third-order valence-corrected chi connectivity index (χ3v) is 6.57. The Morgan fingerprint density at radius 2 is 2.06 bits per heavy atom. The van der Waals surface area contributed by atoms with Crippen LogP contribution in [-0.2, 0) is 11.3 Å². The number of ether oxygens (including phenoxy) is 2. The summed E-state index contributed by atoms with van der Waals surface area (Å²) >= 11 is 1.52. The van der Waals surface area contributed by atoms with E-state index < -0.39 is 0 Å². The van der Waals surface area contributed by atoms with Gasteiger partial charge in [0, 0.05) is 23.6 Å². The maximum absolute atomic E-state index is 13.6. The number of benzene rings is 2. The number of carbonyl (C=O) groups excluding carboxylic acids is 1. The smallest absolute Gasteiger partial charge is 0.243 e. The molecule has 0 bridgehead atoms. The van der Waals surface area contributed by atoms with Gasteiger partial charge in [-0.15, -0.1) is 11.3 Å². The number of amides is 1. The van der Waals surface area contributed by atoms with Gasteiger partial charge in [0.05, 0.1) is 36.8 Å². The summed E-state index contributed by atoms with van der Waals surface area (Å²) in [5.41, 5.74) is 5.37. The van der Waals surface area contributed by atoms with E-state index in [4.69, 9.17) is 14.5 Å². The Hall–Kier alpha value is -3.39. The summed E-state index contributed by atoms with van der Waals surface area (Å²) in [4.78, 5) is 24.7. The van der Waals surface area contributed by atoms with E-state index in [1.807, 2.05) is 57.3 Å². The minimum atomic E-state index is -0.0270. The van der Waals surface area contributed by atoms with Gasteiger partial charge >= 0.3 is 0 Å². The fourth-order valence-corrected chi connectivity index (χ4v) is 4.99. The predicted octanol–water partition coefficient (Wildman–Crippen LogP) is 4.54. The van der Waals surface area contributed by atoms with Crippen molar-refractivity contribution in [2.24, 2.45) is 0 Å². The maximum atomic E-state index is 13.6. The molecule has 0 radical (unpaired) electrons. The van der Waals surface area contributed by atoms with Crippen molar-refractivity contribution < 1.29 is 14.3 Å². The molecule has 5 rings (SSSR count). The molecule has 2 aromatic heterocycles. The molecule has 0 unspecified atom stereocenters. The molecule has 7 nitrogen and oxygen atoms in total. The number of thiazole rings is 1. The van der Waals surface area contributed by atoms with Crippen LogP contribution in [0.15, 0.2) is 53.4 Å². The van der Waals surface area contributed by atoms with E-state index >= 15 is 0 Å². The lowest BCUT2D eigenvalue weighted by Crippen LogP contribution is -2.33. The molecule has 8 heteroatoms. The third kappa shape index (κ3) is 3.60. The Morgan fingerprint density at radius 3 is 2.84 bits per heavy atom. The fourth-order valence-electron chi connectivity index (χ4n) is 4.46. The highest BCUT2D eigenvalue weighted by Gasteiger charge is 2.32. The summed E-state index contributed by atoms with van der Waals surface area (Å²) in [5, 5.41) is 1.96. The lowest BCUT2D eigenvalue weighted by atomic mass is 10.0. The van der Waals surface area contributed by atoms with E-state index in [1.165, 1.54) is 11.3 Å². The molecule has 0 aliphatic carbocycles. The number of likely N-dealkylation sites (tertiary alicyclic amines) is 1. The minimum Gasteiger partial charge on any atom is -0.497 e. The monoisotopic (exact) mass is 448 g/mol. The number of hydrogen-bond acceptors (Lipinski definition) is 6. The largest absolute Gasteiger partial charge is 0.497 e. The summed E-state index contributed by atoms with van der Waals surface area (Å²) in [7, 11) is 3.28. The van der Waals surface area contributed by atoms with Gasteiger partial charge in [0.15, 0.2) is 5.82 Å². The first-order valence-corrected chi connectivity index (χ1v) is 11.5. The number of aromatic nitrogens is 3. The average molecular weight is 449 g/mol. The summed E-state index contributed by atoms with van der Waals surface area (Å²) in [6.45, 7) is 0.930. The molecule has 1 aliphatic rings. The number of hydrogen-bond donors (Lipinski definition) is 0. The molecule has 2 aromatic carbocycles. The van der Waals surface area contributed by atoms with Gasteiger partial charge in [0.25, 0.3) is 0 Å². The molecule has 32 heavy (non-hydrogen) atoms. The van der Waals surface area contributed by atoms with Crippen molar-refractivity contribution in [2.45, 2.75) is 25.4 Å². The Bertz CT molecular complexity index is 1250. The van der Waals surface area contributed by atoms with Gasteiger partial charge in [-0.2, -0.15) is 0 Å². The van der Waals surface area contributed by atoms with Gasteiger partial charge in [-0.3, -0.25) is 4.79 Å². The van der Waals surface area contributed by atoms with Crippen LogP contribution >= 0.6 is 11.3 Å². The topological polar surface area (TPSA) is 69.5 Å². The Kier molecular flexibility index (Phi) is 5.53. The maximum Gasteiger partial charge on any atom is 0.243 e. The molecule has 1 amide bonds. The van der Waals surface area contributed by atoms with E-state index in [0.29, 0.717) is 0 Å². The standard InChI is InChI=1S/C24H24N4O3S/c1-30-16-9-10-17(22(12-16)31-2)20-8-5-11-27(20)23(29)13-28-21-7-4-3-6-18(21)26-24(28)19-14-32-15-25-19/h3-4,6-7,9-10,12,14-15,20H,5,8,11,13H2,1-2H3/t20-/m0/s1. The van der Waals surface area contributed by atoms with Crippen molar-refractivity contribution in [1.82, 2.24) is 19.4 Å². The molecule has 0 N–H and O–H groups in total. The highest BCUT2D eigenvalue weighted by molar-refractivity contribution is 7.07. The third-order valence-electron chi connectivity index (χ3n) is 5.98. The molecule has 1 aliphatic heterocycles. The number of methoxy groups -OCH3 is 2. The highest BCUT2D eigenvalue weighted by Crippen LogP contribution is 2.39. The van der Waals surface area contributed by atoms with Crippen LogP contribution in [0.2, 0.25) is 0 Å². The van der Waals surface area contributed by atoms with E-state index in [-0.39, 0.29) is 18.5 Å². The van der Waals surface area contributed by atoms with Crippen molar-refractivity contribution >= 4 is 28.3 Å². The second kappa shape index (κ2) is 8.63. The SMILES string of the molecule is COc1ccc([C@@H]2CCCN2C(=O)Cn2c(-c3cscn3)nc3ccccc32)c(OC)c1.